The van der Waals surface area contributed by atoms with Crippen LogP contribution in [0.2, 0.25) is 0 Å². The lowest BCUT2D eigenvalue weighted by Gasteiger charge is -2.31. The van der Waals surface area contributed by atoms with Gasteiger partial charge in [-0.1, -0.05) is 6.92 Å². The van der Waals surface area contributed by atoms with E-state index >= 15 is 0 Å². The number of nitrogens with zero attached hydrogens (tertiary/aromatic N) is 1. The van der Waals surface area contributed by atoms with Gasteiger partial charge in [-0.05, 0) is 51.3 Å². The summed E-state index contributed by atoms with van der Waals surface area (Å²) >= 11 is 0. The highest BCUT2D eigenvalue weighted by atomic mass is 16.5. The first-order chi connectivity index (χ1) is 12.5. The maximum absolute atomic E-state index is 12.8. The van der Waals surface area contributed by atoms with Gasteiger partial charge in [0.1, 0.15) is 0 Å². The first kappa shape index (κ1) is 20.1. The molecule has 0 atom stereocenters. The molecule has 0 spiro atoms. The fourth-order valence-electron chi connectivity index (χ4n) is 3.07. The quantitative estimate of drug-likeness (QED) is 0.810. The average Bonchev–Trinajstić information content (AvgIpc) is 2.65. The van der Waals surface area contributed by atoms with Gasteiger partial charge in [0, 0.05) is 31.1 Å². The van der Waals surface area contributed by atoms with Crippen LogP contribution in [0.3, 0.4) is 0 Å². The summed E-state index contributed by atoms with van der Waals surface area (Å²) in [6.07, 6.45) is 2.37. The monoisotopic (exact) mass is 362 g/mol. The number of piperidine rings is 1. The standard InChI is InChI=1S/C20H30N2O4/c1-5-10-21-19(23)15-8-11-22(12-9-15)20(24)16-6-7-17(26-14(2)3)18(13-16)25-4/h6-7,13-15H,5,8-12H2,1-4H3,(H,21,23). The Morgan fingerprint density at radius 1 is 1.23 bits per heavy atom. The lowest BCUT2D eigenvalue weighted by atomic mass is 9.95. The molecular formula is C20H30N2O4. The number of amides is 2. The van der Waals surface area contributed by atoms with Crippen molar-refractivity contribution >= 4 is 11.8 Å². The molecule has 1 aromatic rings. The van der Waals surface area contributed by atoms with E-state index < -0.39 is 0 Å². The summed E-state index contributed by atoms with van der Waals surface area (Å²) in [6.45, 7) is 7.82. The van der Waals surface area contributed by atoms with Gasteiger partial charge in [-0.3, -0.25) is 9.59 Å². The maximum atomic E-state index is 12.8. The second-order valence-corrected chi connectivity index (χ2v) is 6.89. The van der Waals surface area contributed by atoms with Gasteiger partial charge in [-0.25, -0.2) is 0 Å². The van der Waals surface area contributed by atoms with E-state index in [1.807, 2.05) is 20.8 Å². The zero-order valence-electron chi connectivity index (χ0n) is 16.2. The van der Waals surface area contributed by atoms with Gasteiger partial charge in [-0.15, -0.1) is 0 Å². The molecular weight excluding hydrogens is 332 g/mol. The molecule has 0 aliphatic carbocycles. The summed E-state index contributed by atoms with van der Waals surface area (Å²) in [5, 5.41) is 2.94. The Hall–Kier alpha value is -2.24. The van der Waals surface area contributed by atoms with Crippen LogP contribution in [-0.4, -0.2) is 49.6 Å². The van der Waals surface area contributed by atoms with Gasteiger partial charge >= 0.3 is 0 Å². The third kappa shape index (κ3) is 5.13. The predicted molar refractivity (Wildman–Crippen MR) is 101 cm³/mol. The molecule has 6 heteroatoms. The first-order valence-corrected chi connectivity index (χ1v) is 9.38. The molecule has 1 aliphatic rings. The molecule has 0 unspecified atom stereocenters. The maximum Gasteiger partial charge on any atom is 0.253 e. The Labute approximate surface area is 155 Å². The van der Waals surface area contributed by atoms with Crippen molar-refractivity contribution in [1.29, 1.82) is 0 Å². The molecule has 0 bridgehead atoms. The number of nitrogens with one attached hydrogen (secondary N) is 1. The first-order valence-electron chi connectivity index (χ1n) is 9.38. The number of likely N-dealkylation sites (tertiary alicyclic amines) is 1. The van der Waals surface area contributed by atoms with Crippen molar-refractivity contribution in [3.63, 3.8) is 0 Å². The van der Waals surface area contributed by atoms with E-state index in [0.717, 1.165) is 6.42 Å². The Bertz CT molecular complexity index is 622. The van der Waals surface area contributed by atoms with Gasteiger partial charge in [0.25, 0.3) is 5.91 Å². The molecule has 2 amide bonds. The minimum absolute atomic E-state index is 0.00181. The van der Waals surface area contributed by atoms with E-state index in [4.69, 9.17) is 9.47 Å². The molecule has 144 valence electrons. The number of methoxy groups -OCH3 is 1. The molecule has 0 radical (unpaired) electrons. The van der Waals surface area contributed by atoms with E-state index in [0.29, 0.717) is 49.5 Å². The summed E-state index contributed by atoms with van der Waals surface area (Å²) in [7, 11) is 1.57. The highest BCUT2D eigenvalue weighted by molar-refractivity contribution is 5.95. The number of hydrogen-bond donors (Lipinski definition) is 1. The van der Waals surface area contributed by atoms with Gasteiger partial charge in [-0.2, -0.15) is 0 Å². The van der Waals surface area contributed by atoms with E-state index in [9.17, 15) is 9.59 Å². The Morgan fingerprint density at radius 3 is 2.50 bits per heavy atom. The molecule has 1 heterocycles. The van der Waals surface area contributed by atoms with E-state index in [2.05, 4.69) is 5.32 Å². The van der Waals surface area contributed by atoms with Crippen LogP contribution in [0.25, 0.3) is 0 Å². The van der Waals surface area contributed by atoms with E-state index in [1.165, 1.54) is 0 Å². The summed E-state index contributed by atoms with van der Waals surface area (Å²) in [4.78, 5) is 26.7. The third-order valence-corrected chi connectivity index (χ3v) is 4.48. The van der Waals surface area contributed by atoms with Crippen LogP contribution in [0.5, 0.6) is 11.5 Å². The fraction of sp³-hybridized carbons (Fsp3) is 0.600. The van der Waals surface area contributed by atoms with Crippen molar-refractivity contribution in [2.75, 3.05) is 26.7 Å². The highest BCUT2D eigenvalue weighted by Gasteiger charge is 2.28. The van der Waals surface area contributed by atoms with Gasteiger partial charge < -0.3 is 19.7 Å². The number of rotatable bonds is 7. The largest absolute Gasteiger partial charge is 0.493 e. The van der Waals surface area contributed by atoms with Gasteiger partial charge in [0.05, 0.1) is 13.2 Å². The molecule has 0 aromatic heterocycles. The lowest BCUT2D eigenvalue weighted by molar-refractivity contribution is -0.126. The van der Waals surface area contributed by atoms with Crippen LogP contribution < -0.4 is 14.8 Å². The molecule has 1 fully saturated rings. The molecule has 0 saturated carbocycles. The van der Waals surface area contributed by atoms with Crippen molar-refractivity contribution in [3.8, 4) is 11.5 Å². The van der Waals surface area contributed by atoms with Crippen LogP contribution in [0.1, 0.15) is 50.4 Å². The molecule has 1 aliphatic heterocycles. The second kappa shape index (κ2) is 9.46. The number of hydrogen-bond acceptors (Lipinski definition) is 4. The number of benzene rings is 1. The topological polar surface area (TPSA) is 67.9 Å². The van der Waals surface area contributed by atoms with Crippen molar-refractivity contribution < 1.29 is 19.1 Å². The highest BCUT2D eigenvalue weighted by Crippen LogP contribution is 2.30. The molecule has 1 saturated heterocycles. The number of ether oxygens (including phenoxy) is 2. The molecule has 2 rings (SSSR count). The SMILES string of the molecule is CCCNC(=O)C1CCN(C(=O)c2ccc(OC(C)C)c(OC)c2)CC1. The van der Waals surface area contributed by atoms with E-state index in [1.54, 1.807) is 30.2 Å². The van der Waals surface area contributed by atoms with Gasteiger partial charge in [0.2, 0.25) is 5.91 Å². The lowest BCUT2D eigenvalue weighted by Crippen LogP contribution is -2.43. The van der Waals surface area contributed by atoms with E-state index in [-0.39, 0.29) is 23.8 Å². The fourth-order valence-corrected chi connectivity index (χ4v) is 3.07. The van der Waals surface area contributed by atoms with Crippen LogP contribution in [0.4, 0.5) is 0 Å². The van der Waals surface area contributed by atoms with Crippen LogP contribution >= 0.6 is 0 Å². The van der Waals surface area contributed by atoms with Crippen molar-refractivity contribution in [2.45, 2.75) is 46.1 Å². The Morgan fingerprint density at radius 2 is 1.92 bits per heavy atom. The normalized spacial score (nSPS) is 15.0. The smallest absolute Gasteiger partial charge is 0.253 e. The van der Waals surface area contributed by atoms with Crippen LogP contribution in [-0.2, 0) is 4.79 Å². The summed E-state index contributed by atoms with van der Waals surface area (Å²) < 4.78 is 11.1. The van der Waals surface area contributed by atoms with Crippen LogP contribution in [0.15, 0.2) is 18.2 Å². The van der Waals surface area contributed by atoms with Crippen molar-refractivity contribution in [3.05, 3.63) is 23.8 Å². The zero-order valence-corrected chi connectivity index (χ0v) is 16.2. The molecule has 1 N–H and O–H groups in total. The zero-order chi connectivity index (χ0) is 19.1. The van der Waals surface area contributed by atoms with Gasteiger partial charge in [0.15, 0.2) is 11.5 Å². The third-order valence-electron chi connectivity index (χ3n) is 4.48. The summed E-state index contributed by atoms with van der Waals surface area (Å²) in [6, 6.07) is 5.26. The molecule has 1 aromatic carbocycles. The number of carbonyl (C=O) groups is 2. The molecule has 26 heavy (non-hydrogen) atoms. The Balaban J connectivity index is 1.98. The predicted octanol–water partition coefficient (Wildman–Crippen LogP) is 2.86. The number of carbonyl (C=O) groups excluding carboxylic acids is 2. The summed E-state index contributed by atoms with van der Waals surface area (Å²) in [5.74, 6) is 1.26. The minimum atomic E-state index is -0.0354. The Kier molecular flexibility index (Phi) is 7.30. The van der Waals surface area contributed by atoms with Crippen molar-refractivity contribution in [1.82, 2.24) is 10.2 Å². The van der Waals surface area contributed by atoms with Crippen LogP contribution in [0, 0.1) is 5.92 Å². The molecule has 6 nitrogen and oxygen atoms in total. The van der Waals surface area contributed by atoms with Crippen molar-refractivity contribution in [2.24, 2.45) is 5.92 Å². The average molecular weight is 362 g/mol. The second-order valence-electron chi connectivity index (χ2n) is 6.89. The minimum Gasteiger partial charge on any atom is -0.493 e. The summed E-state index contributed by atoms with van der Waals surface area (Å²) in [5.41, 5.74) is 0.576.